The predicted octanol–water partition coefficient (Wildman–Crippen LogP) is 7.07. The molecule has 2 unspecified atom stereocenters. The number of allylic oxidation sites excluding steroid dienone is 1. The van der Waals surface area contributed by atoms with Crippen molar-refractivity contribution in [2.75, 3.05) is 0 Å². The third-order valence-corrected chi connectivity index (χ3v) is 8.65. The first-order valence-electron chi connectivity index (χ1n) is 9.56. The summed E-state index contributed by atoms with van der Waals surface area (Å²) in [6.45, 7) is 16.4. The summed E-state index contributed by atoms with van der Waals surface area (Å²) in [5.41, 5.74) is 0.464. The van der Waals surface area contributed by atoms with Crippen molar-refractivity contribution >= 4 is 23.4 Å². The molecule has 2 atom stereocenters. The number of hydrogen-bond donors (Lipinski definition) is 0. The summed E-state index contributed by atoms with van der Waals surface area (Å²) in [5, 5.41) is 0.519. The molecule has 2 aliphatic rings. The lowest BCUT2D eigenvalue weighted by molar-refractivity contribution is 0.268. The molecule has 124 valence electrons. The summed E-state index contributed by atoms with van der Waals surface area (Å²) in [6.07, 6.45) is 13.3. The molecule has 1 heterocycles. The van der Waals surface area contributed by atoms with Crippen LogP contribution < -0.4 is 0 Å². The highest BCUT2D eigenvalue weighted by Gasteiger charge is 2.47. The average Bonchev–Trinajstić information content (AvgIpc) is 2.76. The average molecular weight is 318 g/mol. The van der Waals surface area contributed by atoms with Crippen molar-refractivity contribution in [2.24, 2.45) is 11.3 Å². The minimum Gasteiger partial charge on any atom is -0.253 e. The highest BCUT2D eigenvalue weighted by molar-refractivity contribution is 8.46. The maximum Gasteiger partial charge on any atom is 0.204 e. The van der Waals surface area contributed by atoms with E-state index < -0.39 is 0 Å². The molecule has 0 spiro atoms. The van der Waals surface area contributed by atoms with E-state index in [2.05, 4.69) is 58.7 Å². The standard InChI is InChI=1S/C19H36B2S/c1-7-12-19(6,8-2)15-20-14-16(3)21(22-20)18(4,5)13-17-10-9-11-17/h7,16-17H,1,8-15H2,2-6H3. The molecule has 0 amide bonds. The van der Waals surface area contributed by atoms with E-state index in [9.17, 15) is 0 Å². The maximum absolute atomic E-state index is 3.98. The maximum atomic E-state index is 3.98. The lowest BCUT2D eigenvalue weighted by atomic mass is 9.40. The van der Waals surface area contributed by atoms with Crippen LogP contribution in [0.5, 0.6) is 0 Å². The van der Waals surface area contributed by atoms with Crippen molar-refractivity contribution < 1.29 is 0 Å². The molecular formula is C19H36B2S. The van der Waals surface area contributed by atoms with Gasteiger partial charge in [-0.25, -0.2) is 0 Å². The Balaban J connectivity index is 1.94. The molecular weight excluding hydrogens is 282 g/mol. The van der Waals surface area contributed by atoms with Crippen LogP contribution in [-0.4, -0.2) is 12.0 Å². The van der Waals surface area contributed by atoms with E-state index in [0.717, 1.165) is 23.7 Å². The Morgan fingerprint density at radius 2 is 1.95 bits per heavy atom. The minimum absolute atomic E-state index is 0.464. The highest BCUT2D eigenvalue weighted by atomic mass is 32.2. The van der Waals surface area contributed by atoms with Gasteiger partial charge in [0.2, 0.25) is 5.99 Å². The summed E-state index contributed by atoms with van der Waals surface area (Å²) in [7, 11) is 0. The number of rotatable bonds is 8. The van der Waals surface area contributed by atoms with Crippen LogP contribution in [0.25, 0.3) is 0 Å². The first-order chi connectivity index (χ1) is 10.3. The van der Waals surface area contributed by atoms with Crippen molar-refractivity contribution in [1.29, 1.82) is 0 Å². The fraction of sp³-hybridized carbons (Fsp3) is 0.895. The Labute approximate surface area is 144 Å². The van der Waals surface area contributed by atoms with Gasteiger partial charge in [0.15, 0.2) is 5.99 Å². The van der Waals surface area contributed by atoms with Gasteiger partial charge in [-0.1, -0.05) is 91.3 Å². The molecule has 0 aromatic rings. The molecule has 0 radical (unpaired) electrons. The van der Waals surface area contributed by atoms with Gasteiger partial charge in [0, 0.05) is 0 Å². The van der Waals surface area contributed by atoms with Gasteiger partial charge in [-0.2, -0.15) is 0 Å². The van der Waals surface area contributed by atoms with Crippen LogP contribution in [-0.2, 0) is 0 Å². The zero-order chi connectivity index (χ0) is 16.4. The second kappa shape index (κ2) is 7.41. The minimum atomic E-state index is 0.464. The first-order valence-corrected chi connectivity index (χ1v) is 10.5. The Bertz CT molecular complexity index is 378. The van der Waals surface area contributed by atoms with Crippen molar-refractivity contribution in [2.45, 2.75) is 96.9 Å². The summed E-state index contributed by atoms with van der Waals surface area (Å²) >= 11 is 2.34. The molecule has 2 fully saturated rings. The highest BCUT2D eigenvalue weighted by Crippen LogP contribution is 2.56. The summed E-state index contributed by atoms with van der Waals surface area (Å²) in [5.74, 6) is 3.65. The normalized spacial score (nSPS) is 26.0. The topological polar surface area (TPSA) is 0 Å². The van der Waals surface area contributed by atoms with Gasteiger partial charge in [-0.05, 0) is 23.1 Å². The Hall–Kier alpha value is 0.220. The van der Waals surface area contributed by atoms with Crippen molar-refractivity contribution in [3.63, 3.8) is 0 Å². The molecule has 0 nitrogen and oxygen atoms in total. The van der Waals surface area contributed by atoms with E-state index in [-0.39, 0.29) is 0 Å². The molecule has 1 saturated carbocycles. The Kier molecular flexibility index (Phi) is 6.25. The van der Waals surface area contributed by atoms with E-state index >= 15 is 0 Å². The smallest absolute Gasteiger partial charge is 0.204 e. The predicted molar refractivity (Wildman–Crippen MR) is 107 cm³/mol. The van der Waals surface area contributed by atoms with Gasteiger partial charge in [-0.3, -0.25) is 11.5 Å². The van der Waals surface area contributed by atoms with Crippen LogP contribution in [0.1, 0.15) is 73.1 Å². The third-order valence-electron chi connectivity index (χ3n) is 6.51. The lowest BCUT2D eigenvalue weighted by Gasteiger charge is -2.38. The quantitative estimate of drug-likeness (QED) is 0.341. The van der Waals surface area contributed by atoms with Crippen LogP contribution in [0.15, 0.2) is 12.7 Å². The fourth-order valence-corrected chi connectivity index (χ4v) is 7.02. The van der Waals surface area contributed by atoms with Gasteiger partial charge in [-0.15, -0.1) is 6.58 Å². The van der Waals surface area contributed by atoms with Crippen LogP contribution in [0.4, 0.5) is 0 Å². The largest absolute Gasteiger partial charge is 0.253 e. The molecule has 0 bridgehead atoms. The third kappa shape index (κ3) is 4.40. The molecule has 3 heteroatoms. The van der Waals surface area contributed by atoms with Crippen LogP contribution in [0.3, 0.4) is 0 Å². The van der Waals surface area contributed by atoms with E-state index in [1.165, 1.54) is 51.2 Å². The zero-order valence-corrected chi connectivity index (χ0v) is 16.5. The molecule has 1 aliphatic heterocycles. The lowest BCUT2D eigenvalue weighted by Crippen LogP contribution is -2.30. The zero-order valence-electron chi connectivity index (χ0n) is 15.7. The second-order valence-corrected chi connectivity index (χ2v) is 10.7. The van der Waals surface area contributed by atoms with Gasteiger partial charge >= 0.3 is 0 Å². The molecule has 0 aromatic carbocycles. The Morgan fingerprint density at radius 3 is 2.45 bits per heavy atom. The van der Waals surface area contributed by atoms with Gasteiger partial charge in [0.25, 0.3) is 0 Å². The SMILES string of the molecule is C=CCC(C)(CC)CB1CC(C)B(C(C)(C)CC2CCC2)S1. The van der Waals surface area contributed by atoms with E-state index in [0.29, 0.717) is 10.7 Å². The molecule has 0 aromatic heterocycles. The molecule has 1 saturated heterocycles. The monoisotopic (exact) mass is 318 g/mol. The van der Waals surface area contributed by atoms with Crippen molar-refractivity contribution in [3.8, 4) is 0 Å². The fourth-order valence-electron chi connectivity index (χ4n) is 4.85. The van der Waals surface area contributed by atoms with Crippen molar-refractivity contribution in [3.05, 3.63) is 12.7 Å². The van der Waals surface area contributed by atoms with Gasteiger partial charge < -0.3 is 0 Å². The summed E-state index contributed by atoms with van der Waals surface area (Å²) in [4.78, 5) is 0. The molecule has 1 aliphatic carbocycles. The van der Waals surface area contributed by atoms with Crippen LogP contribution >= 0.6 is 11.5 Å². The molecule has 2 rings (SSSR count). The van der Waals surface area contributed by atoms with E-state index in [1.807, 2.05) is 0 Å². The van der Waals surface area contributed by atoms with E-state index in [1.54, 1.807) is 0 Å². The summed E-state index contributed by atoms with van der Waals surface area (Å²) in [6, 6.07) is 0. The van der Waals surface area contributed by atoms with E-state index in [4.69, 9.17) is 0 Å². The van der Waals surface area contributed by atoms with Gasteiger partial charge in [0.05, 0.1) is 0 Å². The number of hydrogen-bond acceptors (Lipinski definition) is 1. The van der Waals surface area contributed by atoms with Gasteiger partial charge in [0.1, 0.15) is 0 Å². The molecule has 0 N–H and O–H groups in total. The first kappa shape index (κ1) is 18.6. The van der Waals surface area contributed by atoms with Crippen LogP contribution in [0.2, 0.25) is 23.8 Å². The molecule has 22 heavy (non-hydrogen) atoms. The second-order valence-electron chi connectivity index (χ2n) is 9.24. The van der Waals surface area contributed by atoms with Crippen molar-refractivity contribution in [1.82, 2.24) is 0 Å². The summed E-state index contributed by atoms with van der Waals surface area (Å²) < 4.78 is 0. The Morgan fingerprint density at radius 1 is 1.27 bits per heavy atom. The van der Waals surface area contributed by atoms with Crippen LogP contribution in [0, 0.1) is 11.3 Å².